The fraction of sp³-hybridized carbons (Fsp3) is 0.652. The molecular formula is C23H34O12. The Hall–Kier alpha value is -2.00. The van der Waals surface area contributed by atoms with Crippen LogP contribution in [0.4, 0.5) is 0 Å². The molecule has 2 aliphatic heterocycles. The Morgan fingerprint density at radius 2 is 1.37 bits per heavy atom. The fourth-order valence-electron chi connectivity index (χ4n) is 3.91. The van der Waals surface area contributed by atoms with E-state index < -0.39 is 68.0 Å². The molecule has 0 spiro atoms. The minimum atomic E-state index is -1.66. The van der Waals surface area contributed by atoms with Gasteiger partial charge in [0.05, 0.1) is 26.9 Å². The number of rotatable bonds is 8. The third-order valence-electron chi connectivity index (χ3n) is 5.98. The van der Waals surface area contributed by atoms with Gasteiger partial charge in [0.15, 0.2) is 17.8 Å². The molecule has 12 heteroatoms. The molecule has 0 unspecified atom stereocenters. The molecule has 198 valence electrons. The first-order valence-electron chi connectivity index (χ1n) is 11.2. The molecule has 0 aromatic heterocycles. The van der Waals surface area contributed by atoms with Crippen molar-refractivity contribution in [1.82, 2.24) is 0 Å². The van der Waals surface area contributed by atoms with Crippen LogP contribution in [-0.2, 0) is 14.2 Å². The summed E-state index contributed by atoms with van der Waals surface area (Å²) in [6.45, 7) is 2.94. The van der Waals surface area contributed by atoms with Crippen LogP contribution in [0.2, 0.25) is 0 Å². The molecule has 0 saturated carbocycles. The number of hydrogen-bond acceptors (Lipinski definition) is 12. The average molecular weight is 503 g/mol. The minimum Gasteiger partial charge on any atom is -0.493 e. The Morgan fingerprint density at radius 3 is 1.94 bits per heavy atom. The van der Waals surface area contributed by atoms with E-state index in [2.05, 4.69) is 0 Å². The molecular weight excluding hydrogens is 468 g/mol. The second-order valence-electron chi connectivity index (χ2n) is 8.40. The Morgan fingerprint density at radius 1 is 0.800 bits per heavy atom. The summed E-state index contributed by atoms with van der Waals surface area (Å²) >= 11 is 0. The summed E-state index contributed by atoms with van der Waals surface area (Å²) in [4.78, 5) is 0. The molecule has 1 aromatic carbocycles. The number of aliphatic hydroxyl groups excluding tert-OH is 6. The van der Waals surface area contributed by atoms with Crippen LogP contribution < -0.4 is 14.2 Å². The number of benzene rings is 1. The van der Waals surface area contributed by atoms with Gasteiger partial charge in [0.2, 0.25) is 12.0 Å². The van der Waals surface area contributed by atoms with Crippen LogP contribution >= 0.6 is 0 Å². The van der Waals surface area contributed by atoms with Crippen molar-refractivity contribution in [2.45, 2.75) is 75.3 Å². The summed E-state index contributed by atoms with van der Waals surface area (Å²) in [7, 11) is 2.85. The van der Waals surface area contributed by atoms with Crippen LogP contribution in [0.3, 0.4) is 0 Å². The molecule has 10 atom stereocenters. The van der Waals surface area contributed by atoms with Gasteiger partial charge in [-0.2, -0.15) is 0 Å². The Bertz CT molecular complexity index is 838. The van der Waals surface area contributed by atoms with Crippen molar-refractivity contribution in [3.8, 4) is 17.2 Å². The monoisotopic (exact) mass is 502 g/mol. The van der Waals surface area contributed by atoms with E-state index in [4.69, 9.17) is 28.4 Å². The highest BCUT2D eigenvalue weighted by atomic mass is 16.7. The summed E-state index contributed by atoms with van der Waals surface area (Å²) in [5.41, 5.74) is 0.771. The maximum atomic E-state index is 10.5. The van der Waals surface area contributed by atoms with Crippen LogP contribution in [0.5, 0.6) is 17.2 Å². The van der Waals surface area contributed by atoms with Gasteiger partial charge in [-0.15, -0.1) is 0 Å². The normalized spacial score (nSPS) is 37.9. The van der Waals surface area contributed by atoms with Gasteiger partial charge in [0.25, 0.3) is 0 Å². The first-order chi connectivity index (χ1) is 16.6. The highest BCUT2D eigenvalue weighted by molar-refractivity contribution is 5.62. The predicted molar refractivity (Wildman–Crippen MR) is 120 cm³/mol. The van der Waals surface area contributed by atoms with Crippen molar-refractivity contribution in [3.63, 3.8) is 0 Å². The zero-order chi connectivity index (χ0) is 25.9. The molecule has 0 aliphatic carbocycles. The third-order valence-corrected chi connectivity index (χ3v) is 5.98. The van der Waals surface area contributed by atoms with E-state index in [1.807, 2.05) is 19.1 Å². The quantitative estimate of drug-likeness (QED) is 0.250. The lowest BCUT2D eigenvalue weighted by atomic mass is 9.98. The Labute approximate surface area is 202 Å². The number of aliphatic hydroxyl groups is 6. The lowest BCUT2D eigenvalue weighted by Crippen LogP contribution is -2.61. The predicted octanol–water partition coefficient (Wildman–Crippen LogP) is -1.23. The summed E-state index contributed by atoms with van der Waals surface area (Å²) in [6.07, 6.45) is -10.4. The maximum absolute atomic E-state index is 10.5. The van der Waals surface area contributed by atoms with Crippen molar-refractivity contribution in [1.29, 1.82) is 0 Å². The Kier molecular flexibility index (Phi) is 9.32. The van der Waals surface area contributed by atoms with E-state index in [9.17, 15) is 30.6 Å². The summed E-state index contributed by atoms with van der Waals surface area (Å²) in [5, 5.41) is 61.2. The Balaban J connectivity index is 1.76. The fourth-order valence-corrected chi connectivity index (χ4v) is 3.91. The minimum absolute atomic E-state index is 0.104. The molecule has 0 bridgehead atoms. The first-order valence-corrected chi connectivity index (χ1v) is 11.2. The SMILES string of the molecule is CC=Cc1cc(OC)c(O[C@@H]2O[C@H](CO[C@@H]3O[C@H](C)[C@H](O)[C@@H](O)[C@H]3O)[C@@H](O)[C@H](O)[C@H]2O)c(OC)c1. The van der Waals surface area contributed by atoms with Gasteiger partial charge in [0.1, 0.15) is 42.7 Å². The molecule has 1 aromatic rings. The molecule has 35 heavy (non-hydrogen) atoms. The molecule has 2 saturated heterocycles. The van der Waals surface area contributed by atoms with Crippen molar-refractivity contribution < 1.29 is 59.1 Å². The van der Waals surface area contributed by atoms with Crippen LogP contribution in [-0.4, -0.2) is 113 Å². The van der Waals surface area contributed by atoms with Crippen molar-refractivity contribution >= 4 is 6.08 Å². The molecule has 0 amide bonds. The number of hydrogen-bond donors (Lipinski definition) is 6. The van der Waals surface area contributed by atoms with Gasteiger partial charge >= 0.3 is 0 Å². The van der Waals surface area contributed by atoms with E-state index in [0.29, 0.717) is 0 Å². The summed E-state index contributed by atoms with van der Waals surface area (Å²) < 4.78 is 33.1. The first kappa shape index (κ1) is 27.6. The number of ether oxygens (including phenoxy) is 6. The maximum Gasteiger partial charge on any atom is 0.229 e. The molecule has 3 rings (SSSR count). The van der Waals surface area contributed by atoms with E-state index >= 15 is 0 Å². The van der Waals surface area contributed by atoms with Crippen LogP contribution in [0.25, 0.3) is 6.08 Å². The van der Waals surface area contributed by atoms with Gasteiger partial charge in [-0.25, -0.2) is 0 Å². The summed E-state index contributed by atoms with van der Waals surface area (Å²) in [6, 6.07) is 3.36. The van der Waals surface area contributed by atoms with E-state index in [1.54, 1.807) is 12.1 Å². The lowest BCUT2D eigenvalue weighted by Gasteiger charge is -2.42. The molecule has 2 heterocycles. The van der Waals surface area contributed by atoms with Gasteiger partial charge < -0.3 is 59.1 Å². The lowest BCUT2D eigenvalue weighted by molar-refractivity contribution is -0.318. The zero-order valence-electron chi connectivity index (χ0n) is 19.9. The zero-order valence-corrected chi connectivity index (χ0v) is 19.9. The van der Waals surface area contributed by atoms with E-state index in [1.165, 1.54) is 21.1 Å². The van der Waals surface area contributed by atoms with Crippen molar-refractivity contribution in [3.05, 3.63) is 23.8 Å². The van der Waals surface area contributed by atoms with Gasteiger partial charge in [0, 0.05) is 0 Å². The van der Waals surface area contributed by atoms with Crippen molar-refractivity contribution in [2.75, 3.05) is 20.8 Å². The van der Waals surface area contributed by atoms with Gasteiger partial charge in [-0.1, -0.05) is 12.2 Å². The number of allylic oxidation sites excluding steroid dienone is 1. The average Bonchev–Trinajstić information content (AvgIpc) is 2.85. The second kappa shape index (κ2) is 11.8. The van der Waals surface area contributed by atoms with Crippen LogP contribution in [0, 0.1) is 0 Å². The van der Waals surface area contributed by atoms with Gasteiger partial charge in [-0.05, 0) is 31.5 Å². The largest absolute Gasteiger partial charge is 0.493 e. The topological polar surface area (TPSA) is 177 Å². The second-order valence-corrected chi connectivity index (χ2v) is 8.40. The van der Waals surface area contributed by atoms with Crippen LogP contribution in [0.15, 0.2) is 18.2 Å². The van der Waals surface area contributed by atoms with Crippen LogP contribution in [0.1, 0.15) is 19.4 Å². The smallest absolute Gasteiger partial charge is 0.229 e. The molecule has 2 aliphatic rings. The molecule has 2 fully saturated rings. The third kappa shape index (κ3) is 5.88. The highest BCUT2D eigenvalue weighted by Gasteiger charge is 2.47. The highest BCUT2D eigenvalue weighted by Crippen LogP contribution is 2.41. The number of methoxy groups -OCH3 is 2. The van der Waals surface area contributed by atoms with E-state index in [-0.39, 0.29) is 17.2 Å². The van der Waals surface area contributed by atoms with E-state index in [0.717, 1.165) is 5.56 Å². The summed E-state index contributed by atoms with van der Waals surface area (Å²) in [5.74, 6) is 0.663. The standard InChI is InChI=1S/C23H34O12/c1-5-6-11-7-12(30-3)21(13(8-11)31-4)35-23-20(29)18(27)16(25)14(34-23)9-32-22-19(28)17(26)15(24)10(2)33-22/h5-8,10,14-20,22-29H,9H2,1-4H3/t10-,14-,15+,16-,17-,18+,19-,20-,22-,23+/m1/s1. The molecule has 6 N–H and O–H groups in total. The van der Waals surface area contributed by atoms with Gasteiger partial charge in [-0.3, -0.25) is 0 Å². The molecule has 0 radical (unpaired) electrons. The van der Waals surface area contributed by atoms with Crippen molar-refractivity contribution in [2.24, 2.45) is 0 Å². The molecule has 12 nitrogen and oxygen atoms in total.